The van der Waals surface area contributed by atoms with Gasteiger partial charge in [0, 0.05) is 56.2 Å². The van der Waals surface area contributed by atoms with Gasteiger partial charge >= 0.3 is 0 Å². The first-order valence-corrected chi connectivity index (χ1v) is 24.3. The molecule has 0 atom stereocenters. The number of hydrogen-bond acceptors (Lipinski definition) is 11. The summed E-state index contributed by atoms with van der Waals surface area (Å²) in [5.41, 5.74) is 7.75. The summed E-state index contributed by atoms with van der Waals surface area (Å²) < 4.78 is 15.3. The molecule has 2 saturated heterocycles. The highest BCUT2D eigenvalue weighted by molar-refractivity contribution is 5.81. The molecule has 65 heavy (non-hydrogen) atoms. The Labute approximate surface area is 381 Å². The van der Waals surface area contributed by atoms with Gasteiger partial charge in [-0.1, -0.05) is 51.9 Å². The summed E-state index contributed by atoms with van der Waals surface area (Å²) in [5, 5.41) is 12.9. The van der Waals surface area contributed by atoms with E-state index < -0.39 is 0 Å². The van der Waals surface area contributed by atoms with Crippen LogP contribution in [0.3, 0.4) is 0 Å². The van der Waals surface area contributed by atoms with E-state index >= 15 is 0 Å². The molecule has 6 heterocycles. The van der Waals surface area contributed by atoms with Gasteiger partial charge in [0.1, 0.15) is 34.2 Å². The molecule has 4 aliphatic rings. The van der Waals surface area contributed by atoms with Crippen molar-refractivity contribution in [1.82, 2.24) is 44.8 Å². The van der Waals surface area contributed by atoms with Crippen LogP contribution in [-0.2, 0) is 0 Å². The fourth-order valence-corrected chi connectivity index (χ4v) is 10.7. The molecular formula is C50H67N11O4. The highest BCUT2D eigenvalue weighted by Crippen LogP contribution is 2.37. The average molecular weight is 886 g/mol. The number of aromatic nitrogens is 8. The zero-order valence-electron chi connectivity index (χ0n) is 39.0. The van der Waals surface area contributed by atoms with Gasteiger partial charge in [0.15, 0.2) is 11.0 Å². The molecular weight excluding hydrogens is 819 g/mol. The van der Waals surface area contributed by atoms with Crippen LogP contribution < -0.4 is 35.7 Å². The molecule has 346 valence electrons. The Morgan fingerprint density at radius 1 is 0.600 bits per heavy atom. The van der Waals surface area contributed by atoms with E-state index in [1.807, 2.05) is 41.4 Å². The largest absolute Gasteiger partial charge is 0.496 e. The number of piperidine rings is 1. The lowest BCUT2D eigenvalue weighted by Crippen LogP contribution is -2.33. The first kappa shape index (κ1) is 44.5. The number of aromatic amines is 2. The third-order valence-electron chi connectivity index (χ3n) is 14.4. The van der Waals surface area contributed by atoms with Gasteiger partial charge in [-0.05, 0) is 95.5 Å². The lowest BCUT2D eigenvalue weighted by Gasteiger charge is -2.33. The van der Waals surface area contributed by atoms with Crippen molar-refractivity contribution in [2.45, 2.75) is 123 Å². The van der Waals surface area contributed by atoms with Crippen molar-refractivity contribution in [3.8, 4) is 34.3 Å². The first-order valence-electron chi connectivity index (χ1n) is 24.3. The maximum Gasteiger partial charge on any atom is 0.277 e. The first-order chi connectivity index (χ1) is 31.7. The van der Waals surface area contributed by atoms with Crippen LogP contribution in [0.4, 0.5) is 11.4 Å². The smallest absolute Gasteiger partial charge is 0.277 e. The Balaban J connectivity index is 0.000000164. The minimum Gasteiger partial charge on any atom is -0.496 e. The Morgan fingerprint density at radius 2 is 1.08 bits per heavy atom. The van der Waals surface area contributed by atoms with Crippen LogP contribution in [0.25, 0.3) is 44.8 Å². The SMILES string of the molecule is CCC1CCN(c2ccc(-c3nc4c(C)nn(C5CCCCC5)c4c(=O)[nH]3)c(OC)c2)CC1.COc1cc(N2CCCNCC2)ccc1-c1nc2c(C)nn(C3CCCCC3)c2c(=O)[nH]1. The number of H-pyrrole nitrogens is 2. The normalized spacial score (nSPS) is 18.2. The molecule has 15 heteroatoms. The van der Waals surface area contributed by atoms with Crippen LogP contribution in [0.2, 0.25) is 0 Å². The van der Waals surface area contributed by atoms with Crippen molar-refractivity contribution < 1.29 is 9.47 Å². The molecule has 0 bridgehead atoms. The zero-order valence-corrected chi connectivity index (χ0v) is 39.0. The molecule has 0 radical (unpaired) electrons. The highest BCUT2D eigenvalue weighted by atomic mass is 16.5. The molecule has 10 rings (SSSR count). The van der Waals surface area contributed by atoms with Crippen LogP contribution in [0.1, 0.15) is 120 Å². The minimum atomic E-state index is -0.138. The van der Waals surface area contributed by atoms with Gasteiger partial charge in [-0.25, -0.2) is 9.97 Å². The van der Waals surface area contributed by atoms with Gasteiger partial charge in [-0.3, -0.25) is 19.0 Å². The van der Waals surface area contributed by atoms with Crippen molar-refractivity contribution in [1.29, 1.82) is 0 Å². The Hall–Kier alpha value is -5.70. The second kappa shape index (κ2) is 19.8. The van der Waals surface area contributed by atoms with Gasteiger partial charge in [-0.15, -0.1) is 0 Å². The van der Waals surface area contributed by atoms with Crippen molar-refractivity contribution in [3.05, 3.63) is 68.5 Å². The molecule has 2 aromatic carbocycles. The number of fused-ring (bicyclic) bond motifs is 2. The summed E-state index contributed by atoms with van der Waals surface area (Å²) in [6.07, 6.45) is 16.4. The summed E-state index contributed by atoms with van der Waals surface area (Å²) in [5.74, 6) is 3.33. The van der Waals surface area contributed by atoms with Crippen LogP contribution in [0.5, 0.6) is 11.5 Å². The molecule has 4 fully saturated rings. The second-order valence-corrected chi connectivity index (χ2v) is 18.6. The van der Waals surface area contributed by atoms with Crippen molar-refractivity contribution >= 4 is 33.4 Å². The average Bonchev–Trinajstić information content (AvgIpc) is 3.73. The van der Waals surface area contributed by atoms with E-state index in [0.717, 1.165) is 117 Å². The maximum atomic E-state index is 13.2. The zero-order chi connectivity index (χ0) is 45.0. The van der Waals surface area contributed by atoms with E-state index in [1.54, 1.807) is 14.2 Å². The Kier molecular flexibility index (Phi) is 13.6. The van der Waals surface area contributed by atoms with E-state index in [4.69, 9.17) is 29.6 Å². The number of benzene rings is 2. The van der Waals surface area contributed by atoms with Crippen molar-refractivity contribution in [3.63, 3.8) is 0 Å². The summed E-state index contributed by atoms with van der Waals surface area (Å²) in [7, 11) is 3.34. The maximum absolute atomic E-state index is 13.2. The quantitative estimate of drug-likeness (QED) is 0.127. The summed E-state index contributed by atoms with van der Waals surface area (Å²) >= 11 is 0. The van der Waals surface area contributed by atoms with Gasteiger partial charge in [0.2, 0.25) is 0 Å². The standard InChI is InChI=1S/C26H35N5O2.C24H32N6O2/c1-4-18-12-14-30(15-13-18)20-10-11-21(22(16-20)33-3)25-27-23-17(2)29-31(24(23)26(32)28-25)19-8-6-5-7-9-19;1-16-21-22(30(28-16)17-7-4-3-5-8-17)24(31)27-23(26-21)19-10-9-18(15-20(19)32-2)29-13-6-11-25-12-14-29/h10-11,16,18-19H,4-9,12-15H2,1-3H3,(H,27,28,32);9-10,15,17,25H,3-8,11-14H2,1-2H3,(H,26,27,31). The number of nitrogens with one attached hydrogen (secondary N) is 3. The fraction of sp³-hybridized carbons (Fsp3) is 0.560. The van der Waals surface area contributed by atoms with E-state index in [0.29, 0.717) is 39.5 Å². The number of anilines is 2. The van der Waals surface area contributed by atoms with E-state index in [2.05, 4.69) is 50.2 Å². The number of methoxy groups -OCH3 is 2. The third-order valence-corrected chi connectivity index (χ3v) is 14.4. The predicted molar refractivity (Wildman–Crippen MR) is 259 cm³/mol. The van der Waals surface area contributed by atoms with E-state index in [-0.39, 0.29) is 23.2 Å². The molecule has 6 aromatic rings. The number of hydrogen-bond donors (Lipinski definition) is 3. The lowest BCUT2D eigenvalue weighted by molar-refractivity contribution is 0.336. The Bertz CT molecular complexity index is 2710. The molecule has 0 amide bonds. The molecule has 2 aliphatic heterocycles. The van der Waals surface area contributed by atoms with E-state index in [9.17, 15) is 9.59 Å². The molecule has 4 aromatic heterocycles. The topological polar surface area (TPSA) is 164 Å². The Morgan fingerprint density at radius 3 is 1.54 bits per heavy atom. The summed E-state index contributed by atoms with van der Waals surface area (Å²) in [4.78, 5) is 46.9. The molecule has 2 aliphatic carbocycles. The van der Waals surface area contributed by atoms with E-state index in [1.165, 1.54) is 57.8 Å². The number of rotatable bonds is 9. The number of nitrogens with zero attached hydrogens (tertiary/aromatic N) is 8. The summed E-state index contributed by atoms with van der Waals surface area (Å²) in [6, 6.07) is 12.9. The predicted octanol–water partition coefficient (Wildman–Crippen LogP) is 8.64. The third kappa shape index (κ3) is 9.26. The van der Waals surface area contributed by atoms with Crippen molar-refractivity contribution in [2.24, 2.45) is 5.92 Å². The second-order valence-electron chi connectivity index (χ2n) is 18.6. The number of aryl methyl sites for hydroxylation is 2. The van der Waals surface area contributed by atoms with Crippen molar-refractivity contribution in [2.75, 3.05) is 63.3 Å². The van der Waals surface area contributed by atoms with Crippen LogP contribution in [0, 0.1) is 19.8 Å². The van der Waals surface area contributed by atoms with Crippen LogP contribution >= 0.6 is 0 Å². The van der Waals surface area contributed by atoms with Crippen LogP contribution in [0.15, 0.2) is 46.0 Å². The minimum absolute atomic E-state index is 0.131. The lowest BCUT2D eigenvalue weighted by atomic mass is 9.94. The van der Waals surface area contributed by atoms with Crippen LogP contribution in [-0.4, -0.2) is 93.0 Å². The number of ether oxygens (including phenoxy) is 2. The van der Waals surface area contributed by atoms with Gasteiger partial charge < -0.3 is 34.6 Å². The van der Waals surface area contributed by atoms with Gasteiger partial charge in [0.25, 0.3) is 11.1 Å². The van der Waals surface area contributed by atoms with Gasteiger partial charge in [0.05, 0.1) is 48.8 Å². The summed E-state index contributed by atoms with van der Waals surface area (Å²) in [6.45, 7) is 12.3. The molecule has 0 unspecified atom stereocenters. The molecule has 2 saturated carbocycles. The monoisotopic (exact) mass is 886 g/mol. The highest BCUT2D eigenvalue weighted by Gasteiger charge is 2.26. The van der Waals surface area contributed by atoms with Gasteiger partial charge in [-0.2, -0.15) is 10.2 Å². The molecule has 3 N–H and O–H groups in total. The fourth-order valence-electron chi connectivity index (χ4n) is 10.7. The molecule has 15 nitrogen and oxygen atoms in total. The molecule has 0 spiro atoms.